The van der Waals surface area contributed by atoms with Crippen molar-refractivity contribution in [1.29, 1.82) is 0 Å². The van der Waals surface area contributed by atoms with E-state index in [-0.39, 0.29) is 84.4 Å². The van der Waals surface area contributed by atoms with Crippen LogP contribution in [0.5, 0.6) is 0 Å². The van der Waals surface area contributed by atoms with Crippen molar-refractivity contribution in [2.24, 2.45) is 5.73 Å². The van der Waals surface area contributed by atoms with Crippen LogP contribution in [-0.2, 0) is 47.9 Å². The smallest absolute Gasteiger partial charge is 0.242 e. The minimum absolute atomic E-state index is 0.00903. The van der Waals surface area contributed by atoms with Crippen LogP contribution in [0.15, 0.2) is 0 Å². The topological polar surface area (TPSA) is 319 Å². The van der Waals surface area contributed by atoms with Crippen molar-refractivity contribution in [2.75, 3.05) is 131 Å². The largest absolute Gasteiger partial charge is 0.392 e. The number of nitrogens with two attached hydrogens (primary N) is 1. The maximum Gasteiger partial charge on any atom is 0.242 e. The van der Waals surface area contributed by atoms with Crippen molar-refractivity contribution < 1.29 is 68.4 Å². The summed E-state index contributed by atoms with van der Waals surface area (Å²) in [5, 5.41) is 44.5. The Balaban J connectivity index is 6.49. The third-order valence-corrected chi connectivity index (χ3v) is 11.2. The standard InChI is InChI=1S/C50H93N11O14/c1-11-17-52-23-42(67)54(19-13-3)31-47(72)60(26-39(9)64)35-49(74)59(25-38(8)63)34-46(71)56(21-15-5)30-44(69)57(22-16-6)32-48(73)61(27-40(10)65)36-50(75)58(24-37(7)62)33-45(70)55(20-14-4)29-43(68)53(18-12-2)28-41(51)66/h37-40,52,62-65H,11-36H2,1-10H3,(H2,51,66)/t37-,38-,39-,40-/m1/s1. The highest BCUT2D eigenvalue weighted by atomic mass is 16.3. The second-order valence-corrected chi connectivity index (χ2v) is 19.2. The van der Waals surface area contributed by atoms with Crippen molar-refractivity contribution in [3.8, 4) is 0 Å². The average Bonchev–Trinajstić information content (AvgIpc) is 3.31. The van der Waals surface area contributed by atoms with Gasteiger partial charge in [0.15, 0.2) is 0 Å². The lowest BCUT2D eigenvalue weighted by Crippen LogP contribution is -2.54. The molecule has 25 nitrogen and oxygen atoms in total. The maximum atomic E-state index is 14.1. The number of rotatable bonds is 40. The molecule has 0 radical (unpaired) electrons. The van der Waals surface area contributed by atoms with Crippen molar-refractivity contribution in [1.82, 2.24) is 49.4 Å². The van der Waals surface area contributed by atoms with Gasteiger partial charge in [0.2, 0.25) is 59.1 Å². The molecule has 0 saturated carbocycles. The SMILES string of the molecule is CCCNCC(=O)N(CCC)CC(=O)N(CC(=O)N(CC(=O)N(CCC)CC(=O)N(CCC)CC(=O)N(CC(=O)N(CC(=O)N(CCC)CC(=O)N(CCC)CC(N)=O)C[C@@H](C)O)C[C@@H](C)O)C[C@@H](C)O)C[C@@H](C)O. The summed E-state index contributed by atoms with van der Waals surface area (Å²) >= 11 is 0. The van der Waals surface area contributed by atoms with Crippen LogP contribution < -0.4 is 11.1 Å². The summed E-state index contributed by atoms with van der Waals surface area (Å²) in [6.45, 7) is 11.8. The van der Waals surface area contributed by atoms with Crippen LogP contribution in [0.1, 0.15) is 108 Å². The Bertz CT molecular complexity index is 1800. The van der Waals surface area contributed by atoms with Crippen LogP contribution in [0, 0.1) is 0 Å². The summed E-state index contributed by atoms with van der Waals surface area (Å²) in [6, 6.07) is 0. The molecule has 0 aromatic rings. The molecule has 0 aromatic heterocycles. The van der Waals surface area contributed by atoms with Gasteiger partial charge in [-0.2, -0.15) is 0 Å². The van der Waals surface area contributed by atoms with Gasteiger partial charge in [-0.15, -0.1) is 0 Å². The third-order valence-electron chi connectivity index (χ3n) is 11.2. The van der Waals surface area contributed by atoms with E-state index in [1.807, 2.05) is 20.8 Å². The van der Waals surface area contributed by atoms with Crippen molar-refractivity contribution in [3.05, 3.63) is 0 Å². The number of nitrogens with zero attached hydrogens (tertiary/aromatic N) is 9. The first-order chi connectivity index (χ1) is 35.3. The summed E-state index contributed by atoms with van der Waals surface area (Å²) in [5.41, 5.74) is 5.34. The van der Waals surface area contributed by atoms with Gasteiger partial charge in [0.05, 0.1) is 89.9 Å². The second kappa shape index (κ2) is 38.1. The summed E-state index contributed by atoms with van der Waals surface area (Å²) in [7, 11) is 0. The molecular weight excluding hydrogens is 979 g/mol. The lowest BCUT2D eigenvalue weighted by molar-refractivity contribution is -0.150. The lowest BCUT2D eigenvalue weighted by atomic mass is 10.2. The summed E-state index contributed by atoms with van der Waals surface area (Å²) < 4.78 is 0. The number of carbonyl (C=O) groups excluding carboxylic acids is 10. The molecule has 0 saturated heterocycles. The molecule has 10 amide bonds. The molecule has 0 aliphatic heterocycles. The first-order valence-corrected chi connectivity index (χ1v) is 26.5. The first kappa shape index (κ1) is 69.5. The Morgan fingerprint density at radius 3 is 0.733 bits per heavy atom. The zero-order valence-electron chi connectivity index (χ0n) is 46.7. The zero-order valence-corrected chi connectivity index (χ0v) is 46.7. The fourth-order valence-electron chi connectivity index (χ4n) is 7.88. The number of hydrogen-bond donors (Lipinski definition) is 6. The van der Waals surface area contributed by atoms with Gasteiger partial charge >= 0.3 is 0 Å². The van der Waals surface area contributed by atoms with E-state index in [1.54, 1.807) is 20.8 Å². The molecule has 0 spiro atoms. The van der Waals surface area contributed by atoms with Crippen LogP contribution in [0.4, 0.5) is 0 Å². The molecule has 4 atom stereocenters. The van der Waals surface area contributed by atoms with Gasteiger partial charge in [-0.1, -0.05) is 41.5 Å². The lowest BCUT2D eigenvalue weighted by Gasteiger charge is -2.33. The molecule has 0 aliphatic rings. The number of aliphatic hydroxyl groups excluding tert-OH is 4. The zero-order chi connectivity index (χ0) is 57.4. The minimum atomic E-state index is -1.15. The van der Waals surface area contributed by atoms with Crippen LogP contribution in [0.3, 0.4) is 0 Å². The van der Waals surface area contributed by atoms with Gasteiger partial charge in [-0.25, -0.2) is 0 Å². The monoisotopic (exact) mass is 1070 g/mol. The van der Waals surface area contributed by atoms with Gasteiger partial charge in [0.25, 0.3) is 0 Å². The summed E-state index contributed by atoms with van der Waals surface area (Å²) in [5.74, 6) is -6.46. The van der Waals surface area contributed by atoms with E-state index < -0.39 is 123 Å². The fourth-order valence-corrected chi connectivity index (χ4v) is 7.88. The van der Waals surface area contributed by atoms with E-state index in [2.05, 4.69) is 5.32 Å². The number of amides is 10. The van der Waals surface area contributed by atoms with E-state index in [4.69, 9.17) is 5.73 Å². The molecule has 0 bridgehead atoms. The third kappa shape index (κ3) is 28.8. The van der Waals surface area contributed by atoms with E-state index in [9.17, 15) is 68.4 Å². The fraction of sp³-hybridized carbons (Fsp3) is 0.800. The second-order valence-electron chi connectivity index (χ2n) is 19.2. The van der Waals surface area contributed by atoms with Crippen LogP contribution >= 0.6 is 0 Å². The average molecular weight is 1070 g/mol. The van der Waals surface area contributed by atoms with Crippen molar-refractivity contribution in [2.45, 2.75) is 132 Å². The minimum Gasteiger partial charge on any atom is -0.392 e. The molecular formula is C50H93N11O14. The Labute approximate surface area is 444 Å². The maximum absolute atomic E-state index is 14.1. The molecule has 0 fully saturated rings. The Morgan fingerprint density at radius 2 is 0.533 bits per heavy atom. The van der Waals surface area contributed by atoms with Gasteiger partial charge < -0.3 is 75.6 Å². The summed E-state index contributed by atoms with van der Waals surface area (Å²) in [6.07, 6.45) is -1.40. The van der Waals surface area contributed by atoms with Gasteiger partial charge in [0.1, 0.15) is 0 Å². The predicted octanol–water partition coefficient (Wildman–Crippen LogP) is -2.50. The number of carbonyl (C=O) groups is 10. The molecule has 0 aliphatic carbocycles. The Hall–Kier alpha value is -5.50. The van der Waals surface area contributed by atoms with E-state index in [0.717, 1.165) is 26.0 Å². The number of nitrogens with one attached hydrogen (secondary N) is 1. The van der Waals surface area contributed by atoms with E-state index >= 15 is 0 Å². The van der Waals surface area contributed by atoms with Crippen LogP contribution in [0.2, 0.25) is 0 Å². The number of hydrogen-bond acceptors (Lipinski definition) is 15. The highest BCUT2D eigenvalue weighted by Crippen LogP contribution is 2.09. The number of primary amides is 1. The molecule has 432 valence electrons. The van der Waals surface area contributed by atoms with Crippen molar-refractivity contribution >= 4 is 59.1 Å². The van der Waals surface area contributed by atoms with Crippen LogP contribution in [-0.4, -0.2) is 279 Å². The summed E-state index contributed by atoms with van der Waals surface area (Å²) in [4.78, 5) is 146. The molecule has 0 unspecified atom stereocenters. The highest BCUT2D eigenvalue weighted by Gasteiger charge is 2.32. The Kier molecular flexibility index (Phi) is 35.3. The molecule has 0 aromatic carbocycles. The molecule has 75 heavy (non-hydrogen) atoms. The van der Waals surface area contributed by atoms with Crippen LogP contribution in [0.25, 0.3) is 0 Å². The molecule has 25 heteroatoms. The normalized spacial score (nSPS) is 12.6. The first-order valence-electron chi connectivity index (χ1n) is 26.5. The van der Waals surface area contributed by atoms with Crippen molar-refractivity contribution in [3.63, 3.8) is 0 Å². The van der Waals surface area contributed by atoms with Gasteiger partial charge in [-0.3, -0.25) is 47.9 Å². The van der Waals surface area contributed by atoms with E-state index in [1.165, 1.54) is 52.2 Å². The predicted molar refractivity (Wildman–Crippen MR) is 280 cm³/mol. The van der Waals surface area contributed by atoms with Gasteiger partial charge in [-0.05, 0) is 72.8 Å². The molecule has 7 N–H and O–H groups in total. The Morgan fingerprint density at radius 1 is 0.333 bits per heavy atom. The van der Waals surface area contributed by atoms with Gasteiger partial charge in [0, 0.05) is 58.9 Å². The van der Waals surface area contributed by atoms with E-state index in [0.29, 0.717) is 38.6 Å². The number of aliphatic hydroxyl groups is 4. The quantitative estimate of drug-likeness (QED) is 0.0346. The highest BCUT2D eigenvalue weighted by molar-refractivity contribution is 5.94. The molecule has 0 rings (SSSR count). The molecule has 0 heterocycles.